The summed E-state index contributed by atoms with van der Waals surface area (Å²) in [6, 6.07) is 0. The molecule has 14 nitrogen and oxygen atoms in total. The summed E-state index contributed by atoms with van der Waals surface area (Å²) in [6.07, 6.45) is 4.48. The number of unbranched alkanes of at least 4 members (excludes halogenated alkanes) is 3. The highest BCUT2D eigenvalue weighted by Crippen LogP contribution is 2.01. The van der Waals surface area contributed by atoms with Crippen LogP contribution in [0.2, 0.25) is 0 Å². The smallest absolute Gasteiger partial charge is 0.305 e. The number of aliphatic carboxylic acids is 1. The van der Waals surface area contributed by atoms with Gasteiger partial charge in [-0.05, 0) is 12.8 Å². The van der Waals surface area contributed by atoms with Gasteiger partial charge in [0.25, 0.3) is 0 Å². The maximum absolute atomic E-state index is 10.3. The Bertz CT molecular complexity index is 579. The first kappa shape index (κ1) is 45.3. The number of hydrogen-bond acceptors (Lipinski definition) is 13. The molecular formula is C31H61ClO14. The number of alkyl halides is 1. The minimum absolute atomic E-state index is 0.00196. The Balaban J connectivity index is 3.04. The molecule has 0 atom stereocenters. The van der Waals surface area contributed by atoms with Crippen molar-refractivity contribution in [3.8, 4) is 0 Å². The van der Waals surface area contributed by atoms with Crippen LogP contribution in [0.1, 0.15) is 32.1 Å². The lowest BCUT2D eigenvalue weighted by Gasteiger charge is -2.09. The summed E-state index contributed by atoms with van der Waals surface area (Å²) in [4.78, 5) is 10.3. The summed E-state index contributed by atoms with van der Waals surface area (Å²) in [6.45, 7) is 11.9. The average molecular weight is 693 g/mol. The number of carbonyl (C=O) groups is 1. The Morgan fingerprint density at radius 3 is 0.783 bits per heavy atom. The Labute approximate surface area is 280 Å². The maximum atomic E-state index is 10.3. The molecule has 0 fully saturated rings. The van der Waals surface area contributed by atoms with Gasteiger partial charge >= 0.3 is 5.97 Å². The zero-order chi connectivity index (χ0) is 33.3. The number of carboxylic acids is 1. The van der Waals surface area contributed by atoms with Crippen molar-refractivity contribution in [3.05, 3.63) is 0 Å². The predicted octanol–water partition coefficient (Wildman–Crippen LogP) is 2.46. The van der Waals surface area contributed by atoms with Crippen molar-refractivity contribution in [1.82, 2.24) is 0 Å². The Kier molecular flexibility index (Phi) is 41.6. The summed E-state index contributed by atoms with van der Waals surface area (Å²) in [5, 5.41) is 8.49. The van der Waals surface area contributed by atoms with Crippen molar-refractivity contribution in [3.63, 3.8) is 0 Å². The van der Waals surface area contributed by atoms with Crippen LogP contribution in [0.15, 0.2) is 0 Å². The van der Waals surface area contributed by atoms with Crippen LogP contribution < -0.4 is 0 Å². The second kappa shape index (κ2) is 42.3. The first-order valence-electron chi connectivity index (χ1n) is 16.5. The third-order valence-corrected chi connectivity index (χ3v) is 5.99. The molecule has 0 aromatic heterocycles. The van der Waals surface area contributed by atoms with Crippen LogP contribution in [0.4, 0.5) is 0 Å². The molecule has 0 spiro atoms. The number of halogens is 1. The lowest BCUT2D eigenvalue weighted by atomic mass is 10.2. The van der Waals surface area contributed by atoms with Gasteiger partial charge in [-0.2, -0.15) is 0 Å². The van der Waals surface area contributed by atoms with Crippen LogP contribution in [0.25, 0.3) is 0 Å². The van der Waals surface area contributed by atoms with Crippen LogP contribution in [0, 0.1) is 0 Å². The molecule has 0 rings (SSSR count). The Morgan fingerprint density at radius 2 is 0.543 bits per heavy atom. The van der Waals surface area contributed by atoms with E-state index in [1.807, 2.05) is 0 Å². The molecule has 0 heterocycles. The van der Waals surface area contributed by atoms with Crippen molar-refractivity contribution < 1.29 is 66.7 Å². The molecule has 0 bridgehead atoms. The Morgan fingerprint density at radius 1 is 0.326 bits per heavy atom. The molecule has 276 valence electrons. The lowest BCUT2D eigenvalue weighted by molar-refractivity contribution is -0.138. The van der Waals surface area contributed by atoms with Gasteiger partial charge in [-0.1, -0.05) is 12.8 Å². The highest BCUT2D eigenvalue weighted by atomic mass is 35.5. The zero-order valence-electron chi connectivity index (χ0n) is 27.8. The summed E-state index contributed by atoms with van der Waals surface area (Å²) in [7, 11) is 0. The van der Waals surface area contributed by atoms with E-state index < -0.39 is 5.97 Å². The highest BCUT2D eigenvalue weighted by Gasteiger charge is 1.98. The quantitative estimate of drug-likeness (QED) is 0.0738. The molecule has 0 aromatic carbocycles. The van der Waals surface area contributed by atoms with Crippen LogP contribution in [-0.4, -0.2) is 176 Å². The fourth-order valence-corrected chi connectivity index (χ4v) is 3.52. The third kappa shape index (κ3) is 43.3. The SMILES string of the molecule is O=C(O)CCOCCOCCOCCOCCOCCOCCOCCOCCOCCOCCOCCOCCCCCCCl. The molecule has 0 aromatic rings. The minimum atomic E-state index is -0.874. The second-order valence-corrected chi connectivity index (χ2v) is 9.97. The standard InChI is InChI=1S/C31H61ClO14/c32-6-3-1-2-4-7-35-9-11-37-13-15-39-17-19-41-21-23-43-25-27-45-29-30-46-28-26-44-24-22-42-20-18-40-16-14-38-12-10-36-8-5-31(33)34/h1-30H2,(H,33,34). The Hall–Kier alpha value is -0.720. The molecule has 1 N–H and O–H groups in total. The summed E-state index contributed by atoms with van der Waals surface area (Å²) in [5.41, 5.74) is 0. The molecule has 0 amide bonds. The molecule has 0 unspecified atom stereocenters. The highest BCUT2D eigenvalue weighted by molar-refractivity contribution is 6.17. The van der Waals surface area contributed by atoms with Crippen molar-refractivity contribution in [2.24, 2.45) is 0 Å². The average Bonchev–Trinajstić information content (AvgIpc) is 3.05. The van der Waals surface area contributed by atoms with E-state index in [1.165, 1.54) is 6.42 Å². The van der Waals surface area contributed by atoms with Gasteiger partial charge in [0.2, 0.25) is 0 Å². The number of ether oxygens (including phenoxy) is 12. The number of rotatable bonds is 42. The van der Waals surface area contributed by atoms with E-state index in [-0.39, 0.29) is 13.0 Å². The summed E-state index contributed by atoms with van der Waals surface area (Å²) >= 11 is 5.65. The second-order valence-electron chi connectivity index (χ2n) is 9.60. The minimum Gasteiger partial charge on any atom is -0.481 e. The number of hydrogen-bond donors (Lipinski definition) is 1. The van der Waals surface area contributed by atoms with Crippen LogP contribution in [-0.2, 0) is 61.6 Å². The van der Waals surface area contributed by atoms with E-state index in [4.69, 9.17) is 73.5 Å². The first-order chi connectivity index (χ1) is 22.8. The van der Waals surface area contributed by atoms with Gasteiger partial charge < -0.3 is 61.9 Å². The largest absolute Gasteiger partial charge is 0.481 e. The fraction of sp³-hybridized carbons (Fsp3) is 0.968. The molecule has 0 radical (unpaired) electrons. The molecule has 46 heavy (non-hydrogen) atoms. The first-order valence-corrected chi connectivity index (χ1v) is 17.0. The van der Waals surface area contributed by atoms with Crippen molar-refractivity contribution in [1.29, 1.82) is 0 Å². The maximum Gasteiger partial charge on any atom is 0.305 e. The van der Waals surface area contributed by atoms with Crippen LogP contribution in [0.5, 0.6) is 0 Å². The van der Waals surface area contributed by atoms with Gasteiger partial charge in [-0.15, -0.1) is 11.6 Å². The molecule has 0 aliphatic rings. The van der Waals surface area contributed by atoms with Crippen LogP contribution >= 0.6 is 11.6 Å². The molecular weight excluding hydrogens is 632 g/mol. The van der Waals surface area contributed by atoms with Gasteiger partial charge in [0.1, 0.15) is 0 Å². The van der Waals surface area contributed by atoms with Gasteiger partial charge in [0, 0.05) is 12.5 Å². The molecule has 0 saturated heterocycles. The van der Waals surface area contributed by atoms with Gasteiger partial charge in [-0.25, -0.2) is 0 Å². The van der Waals surface area contributed by atoms with E-state index >= 15 is 0 Å². The topological polar surface area (TPSA) is 148 Å². The zero-order valence-corrected chi connectivity index (χ0v) is 28.6. The molecule has 0 saturated carbocycles. The predicted molar refractivity (Wildman–Crippen MR) is 171 cm³/mol. The summed E-state index contributed by atoms with van der Waals surface area (Å²) < 4.78 is 65.1. The third-order valence-electron chi connectivity index (χ3n) is 5.72. The normalized spacial score (nSPS) is 11.5. The molecule has 15 heteroatoms. The van der Waals surface area contributed by atoms with Crippen molar-refractivity contribution >= 4 is 17.6 Å². The molecule has 0 aliphatic heterocycles. The van der Waals surface area contributed by atoms with E-state index in [2.05, 4.69) is 0 Å². The van der Waals surface area contributed by atoms with E-state index in [0.29, 0.717) is 145 Å². The monoisotopic (exact) mass is 692 g/mol. The fourth-order valence-electron chi connectivity index (χ4n) is 3.33. The van der Waals surface area contributed by atoms with Crippen LogP contribution in [0.3, 0.4) is 0 Å². The van der Waals surface area contributed by atoms with E-state index in [1.54, 1.807) is 0 Å². The number of carboxylic acid groups (broad SMARTS) is 1. The van der Waals surface area contributed by atoms with Gasteiger partial charge in [0.05, 0.1) is 158 Å². The van der Waals surface area contributed by atoms with E-state index in [0.717, 1.165) is 31.7 Å². The van der Waals surface area contributed by atoms with Gasteiger partial charge in [-0.3, -0.25) is 4.79 Å². The lowest BCUT2D eigenvalue weighted by Crippen LogP contribution is -2.15. The molecule has 0 aliphatic carbocycles. The summed E-state index contributed by atoms with van der Waals surface area (Å²) in [5.74, 6) is -0.134. The van der Waals surface area contributed by atoms with Crippen molar-refractivity contribution in [2.45, 2.75) is 32.1 Å². The van der Waals surface area contributed by atoms with Crippen molar-refractivity contribution in [2.75, 3.05) is 164 Å². The van der Waals surface area contributed by atoms with Gasteiger partial charge in [0.15, 0.2) is 0 Å². The van der Waals surface area contributed by atoms with E-state index in [9.17, 15) is 4.79 Å².